The van der Waals surface area contributed by atoms with Crippen molar-refractivity contribution in [2.45, 2.75) is 50.0 Å². The quantitative estimate of drug-likeness (QED) is 0.778. The highest BCUT2D eigenvalue weighted by molar-refractivity contribution is 9.09. The minimum absolute atomic E-state index is 0.211. The molecule has 6 heteroatoms. The normalized spacial score (nSPS) is 24.2. The number of fused-ring (bicyclic) bond motifs is 1. The molecule has 0 aromatic carbocycles. The lowest BCUT2D eigenvalue weighted by Crippen LogP contribution is -2.26. The van der Waals surface area contributed by atoms with Crippen LogP contribution < -0.4 is 0 Å². The average molecular weight is 313 g/mol. The Hall–Kier alpha value is -0.910. The molecule has 1 aromatic heterocycles. The molecule has 0 N–H and O–H groups in total. The van der Waals surface area contributed by atoms with Gasteiger partial charge in [-0.3, -0.25) is 4.79 Å². The molecule has 5 nitrogen and oxygen atoms in total. The molecule has 1 unspecified atom stereocenters. The van der Waals surface area contributed by atoms with E-state index in [4.69, 9.17) is 0 Å². The van der Waals surface area contributed by atoms with Crippen molar-refractivity contribution in [1.82, 2.24) is 19.7 Å². The van der Waals surface area contributed by atoms with E-state index in [-0.39, 0.29) is 10.7 Å². The molecule has 1 amide bonds. The van der Waals surface area contributed by atoms with Crippen LogP contribution >= 0.6 is 15.9 Å². The molecule has 0 bridgehead atoms. The molecule has 2 aliphatic heterocycles. The molecule has 3 heterocycles. The van der Waals surface area contributed by atoms with Gasteiger partial charge in [-0.2, -0.15) is 0 Å². The molecular formula is C12H17BrN4O. The molecule has 2 aliphatic rings. The van der Waals surface area contributed by atoms with Gasteiger partial charge >= 0.3 is 0 Å². The third-order valence-electron chi connectivity index (χ3n) is 3.69. The van der Waals surface area contributed by atoms with E-state index in [1.807, 2.05) is 4.90 Å². The Labute approximate surface area is 115 Å². The Balaban J connectivity index is 1.77. The number of carbonyl (C=O) groups is 1. The molecule has 1 aromatic rings. The zero-order valence-electron chi connectivity index (χ0n) is 10.3. The monoisotopic (exact) mass is 312 g/mol. The van der Waals surface area contributed by atoms with Crippen molar-refractivity contribution >= 4 is 21.8 Å². The van der Waals surface area contributed by atoms with Crippen molar-refractivity contribution in [3.63, 3.8) is 0 Å². The Morgan fingerprint density at radius 1 is 1.28 bits per heavy atom. The molecule has 0 saturated carbocycles. The lowest BCUT2D eigenvalue weighted by Gasteiger charge is -2.16. The number of rotatable bonds is 2. The van der Waals surface area contributed by atoms with Gasteiger partial charge in [-0.1, -0.05) is 22.4 Å². The molecule has 1 saturated heterocycles. The SMILES string of the molecule is O=C1CC(Br)CN1Cc1nnc2n1CCCCC2. The minimum atomic E-state index is 0.211. The van der Waals surface area contributed by atoms with Crippen LogP contribution in [0.4, 0.5) is 0 Å². The number of halogens is 1. The van der Waals surface area contributed by atoms with E-state index in [9.17, 15) is 4.79 Å². The van der Waals surface area contributed by atoms with Crippen molar-refractivity contribution in [2.24, 2.45) is 0 Å². The second-order valence-electron chi connectivity index (χ2n) is 5.07. The third-order valence-corrected chi connectivity index (χ3v) is 4.30. The van der Waals surface area contributed by atoms with E-state index in [0.717, 1.165) is 31.2 Å². The first kappa shape index (κ1) is 12.1. The van der Waals surface area contributed by atoms with Gasteiger partial charge in [0.1, 0.15) is 5.82 Å². The number of carbonyl (C=O) groups excluding carboxylic acids is 1. The van der Waals surface area contributed by atoms with Crippen LogP contribution in [0.2, 0.25) is 0 Å². The largest absolute Gasteiger partial charge is 0.334 e. The summed E-state index contributed by atoms with van der Waals surface area (Å²) in [5.74, 6) is 2.24. The van der Waals surface area contributed by atoms with E-state index >= 15 is 0 Å². The second-order valence-corrected chi connectivity index (χ2v) is 6.37. The number of nitrogens with zero attached hydrogens (tertiary/aromatic N) is 4. The summed E-state index contributed by atoms with van der Waals surface area (Å²) in [7, 11) is 0. The predicted molar refractivity (Wildman–Crippen MR) is 70.3 cm³/mol. The highest BCUT2D eigenvalue weighted by atomic mass is 79.9. The maximum Gasteiger partial charge on any atom is 0.224 e. The second kappa shape index (κ2) is 4.99. The summed E-state index contributed by atoms with van der Waals surface area (Å²) >= 11 is 3.51. The Kier molecular flexibility index (Phi) is 3.37. The number of hydrogen-bond acceptors (Lipinski definition) is 3. The summed E-state index contributed by atoms with van der Waals surface area (Å²) in [5.41, 5.74) is 0. The first-order valence-electron chi connectivity index (χ1n) is 6.57. The summed E-state index contributed by atoms with van der Waals surface area (Å²) in [6.45, 7) is 2.38. The van der Waals surface area contributed by atoms with Gasteiger partial charge in [0.15, 0.2) is 5.82 Å². The number of aromatic nitrogens is 3. The molecule has 1 fully saturated rings. The van der Waals surface area contributed by atoms with Gasteiger partial charge in [0, 0.05) is 30.8 Å². The van der Waals surface area contributed by atoms with Gasteiger partial charge in [-0.25, -0.2) is 0 Å². The highest BCUT2D eigenvalue weighted by Crippen LogP contribution is 2.21. The summed E-state index contributed by atoms with van der Waals surface area (Å²) in [4.78, 5) is 14.0. The van der Waals surface area contributed by atoms with Crippen molar-refractivity contribution < 1.29 is 4.79 Å². The van der Waals surface area contributed by atoms with Crippen LogP contribution in [0.3, 0.4) is 0 Å². The van der Waals surface area contributed by atoms with Crippen LogP contribution in [-0.2, 0) is 24.3 Å². The van der Waals surface area contributed by atoms with Crippen molar-refractivity contribution in [3.8, 4) is 0 Å². The predicted octanol–water partition coefficient (Wildman–Crippen LogP) is 1.50. The number of amides is 1. The standard InChI is InChI=1S/C12H17BrN4O/c13-9-6-12(18)16(7-9)8-11-15-14-10-4-2-1-3-5-17(10)11/h9H,1-8H2. The van der Waals surface area contributed by atoms with Crippen molar-refractivity contribution in [3.05, 3.63) is 11.6 Å². The summed E-state index contributed by atoms with van der Waals surface area (Å²) in [6.07, 6.45) is 5.26. The number of likely N-dealkylation sites (tertiary alicyclic amines) is 1. The van der Waals surface area contributed by atoms with Crippen LogP contribution in [0.25, 0.3) is 0 Å². The molecule has 3 rings (SSSR count). The highest BCUT2D eigenvalue weighted by Gasteiger charge is 2.29. The molecule has 0 aliphatic carbocycles. The third kappa shape index (κ3) is 2.30. The van der Waals surface area contributed by atoms with Gasteiger partial charge in [0.05, 0.1) is 6.54 Å². The zero-order valence-corrected chi connectivity index (χ0v) is 11.9. The lowest BCUT2D eigenvalue weighted by atomic mass is 10.2. The van der Waals surface area contributed by atoms with Crippen LogP contribution in [-0.4, -0.2) is 36.9 Å². The van der Waals surface area contributed by atoms with Crippen LogP contribution in [0.15, 0.2) is 0 Å². The Morgan fingerprint density at radius 3 is 2.94 bits per heavy atom. The number of hydrogen-bond donors (Lipinski definition) is 0. The van der Waals surface area contributed by atoms with E-state index in [2.05, 4.69) is 30.7 Å². The maximum absolute atomic E-state index is 11.8. The van der Waals surface area contributed by atoms with E-state index < -0.39 is 0 Å². The van der Waals surface area contributed by atoms with Crippen LogP contribution in [0.1, 0.15) is 37.3 Å². The van der Waals surface area contributed by atoms with Crippen molar-refractivity contribution in [2.75, 3.05) is 6.54 Å². The molecule has 0 radical (unpaired) electrons. The summed E-state index contributed by atoms with van der Waals surface area (Å²) in [6, 6.07) is 0. The smallest absolute Gasteiger partial charge is 0.224 e. The minimum Gasteiger partial charge on any atom is -0.334 e. The summed E-state index contributed by atoms with van der Waals surface area (Å²) in [5, 5.41) is 8.53. The molecule has 0 spiro atoms. The first-order valence-corrected chi connectivity index (χ1v) is 7.48. The Morgan fingerprint density at radius 2 is 2.17 bits per heavy atom. The zero-order chi connectivity index (χ0) is 12.5. The Bertz CT molecular complexity index is 459. The topological polar surface area (TPSA) is 51.0 Å². The molecule has 1 atom stereocenters. The first-order chi connectivity index (χ1) is 8.74. The van der Waals surface area contributed by atoms with Gasteiger partial charge < -0.3 is 9.47 Å². The average Bonchev–Trinajstić information content (AvgIpc) is 2.75. The van der Waals surface area contributed by atoms with Crippen LogP contribution in [0, 0.1) is 0 Å². The fourth-order valence-electron chi connectivity index (χ4n) is 2.71. The van der Waals surface area contributed by atoms with E-state index in [1.165, 1.54) is 19.3 Å². The van der Waals surface area contributed by atoms with Gasteiger partial charge in [0.2, 0.25) is 5.91 Å². The fourth-order valence-corrected chi connectivity index (χ4v) is 3.34. The van der Waals surface area contributed by atoms with Gasteiger partial charge in [-0.05, 0) is 12.8 Å². The molecule has 18 heavy (non-hydrogen) atoms. The molecular weight excluding hydrogens is 296 g/mol. The van der Waals surface area contributed by atoms with Gasteiger partial charge in [-0.15, -0.1) is 10.2 Å². The lowest BCUT2D eigenvalue weighted by molar-refractivity contribution is -0.128. The number of aryl methyl sites for hydroxylation is 1. The maximum atomic E-state index is 11.8. The molecule has 98 valence electrons. The summed E-state index contributed by atoms with van der Waals surface area (Å²) < 4.78 is 2.21. The fraction of sp³-hybridized carbons (Fsp3) is 0.750. The van der Waals surface area contributed by atoms with E-state index in [1.54, 1.807) is 0 Å². The van der Waals surface area contributed by atoms with Gasteiger partial charge in [0.25, 0.3) is 0 Å². The van der Waals surface area contributed by atoms with Crippen LogP contribution in [0.5, 0.6) is 0 Å². The van der Waals surface area contributed by atoms with Crippen molar-refractivity contribution in [1.29, 1.82) is 0 Å². The van der Waals surface area contributed by atoms with E-state index in [0.29, 0.717) is 13.0 Å². The number of alkyl halides is 1.